The molecule has 0 saturated heterocycles. The predicted molar refractivity (Wildman–Crippen MR) is 126 cm³/mol. The van der Waals surface area contributed by atoms with Gasteiger partial charge in [0.25, 0.3) is 0 Å². The van der Waals surface area contributed by atoms with Gasteiger partial charge in [0, 0.05) is 0 Å². The van der Waals surface area contributed by atoms with Crippen molar-refractivity contribution in [3.05, 3.63) is 113 Å². The van der Waals surface area contributed by atoms with Crippen molar-refractivity contribution in [3.63, 3.8) is 0 Å². The molecule has 0 unspecified atom stereocenters. The Morgan fingerprint density at radius 3 is 2.50 bits per heavy atom. The van der Waals surface area contributed by atoms with Crippen molar-refractivity contribution < 1.29 is 0 Å². The summed E-state index contributed by atoms with van der Waals surface area (Å²) < 4.78 is 0. The van der Waals surface area contributed by atoms with Gasteiger partial charge in [-0.25, -0.2) is 0 Å². The number of hydrogen-bond acceptors (Lipinski definition) is 0. The second-order valence-electron chi connectivity index (χ2n) is 7.04. The molecule has 0 aliphatic heterocycles. The summed E-state index contributed by atoms with van der Waals surface area (Å²) in [6, 6.07) is 15.2. The minimum atomic E-state index is 1.06. The van der Waals surface area contributed by atoms with Crippen molar-refractivity contribution in [1.29, 1.82) is 0 Å². The molecule has 0 spiro atoms. The van der Waals surface area contributed by atoms with E-state index in [0.29, 0.717) is 0 Å². The molecule has 0 saturated carbocycles. The molecule has 0 amide bonds. The van der Waals surface area contributed by atoms with Gasteiger partial charge in [0.05, 0.1) is 0 Å². The Kier molecular flexibility index (Phi) is 8.49. The van der Waals surface area contributed by atoms with Crippen LogP contribution in [0.25, 0.3) is 17.2 Å². The second-order valence-corrected chi connectivity index (χ2v) is 7.04. The summed E-state index contributed by atoms with van der Waals surface area (Å²) in [6.07, 6.45) is 17.1. The third-order valence-electron chi connectivity index (χ3n) is 4.76. The van der Waals surface area contributed by atoms with Gasteiger partial charge in [-0.3, -0.25) is 0 Å². The van der Waals surface area contributed by atoms with E-state index in [1.54, 1.807) is 0 Å². The Hall–Kier alpha value is -2.86. The van der Waals surface area contributed by atoms with Gasteiger partial charge < -0.3 is 0 Å². The van der Waals surface area contributed by atoms with Crippen LogP contribution >= 0.6 is 0 Å². The summed E-state index contributed by atoms with van der Waals surface area (Å²) in [7, 11) is 0. The third kappa shape index (κ3) is 5.82. The van der Waals surface area contributed by atoms with Gasteiger partial charge in [-0.05, 0) is 60.6 Å². The average Bonchev–Trinajstić information content (AvgIpc) is 2.71. The molecule has 0 nitrogen and oxygen atoms in total. The van der Waals surface area contributed by atoms with Crippen LogP contribution in [0.1, 0.15) is 43.4 Å². The first-order valence-corrected chi connectivity index (χ1v) is 10.1. The fourth-order valence-corrected chi connectivity index (χ4v) is 3.16. The van der Waals surface area contributed by atoms with Crippen molar-refractivity contribution in [2.75, 3.05) is 0 Å². The molecule has 0 N–H and O–H groups in total. The first-order chi connectivity index (χ1) is 13.6. The molecule has 0 atom stereocenters. The van der Waals surface area contributed by atoms with Crippen molar-refractivity contribution in [1.82, 2.24) is 0 Å². The van der Waals surface area contributed by atoms with Crippen LogP contribution < -0.4 is 0 Å². The largest absolute Gasteiger partial charge is 0.0985 e. The quantitative estimate of drug-likeness (QED) is 0.410. The molecule has 2 aromatic carbocycles. The van der Waals surface area contributed by atoms with Crippen LogP contribution in [-0.2, 0) is 0 Å². The molecule has 0 aliphatic rings. The average molecular weight is 369 g/mol. The normalized spacial score (nSPS) is 12.9. The maximum absolute atomic E-state index is 4.02. The summed E-state index contributed by atoms with van der Waals surface area (Å²) in [5, 5.41) is 0. The van der Waals surface area contributed by atoms with Gasteiger partial charge in [0.1, 0.15) is 0 Å². The highest BCUT2D eigenvalue weighted by molar-refractivity contribution is 5.78. The molecule has 0 fully saturated rings. The van der Waals surface area contributed by atoms with Gasteiger partial charge in [0.2, 0.25) is 0 Å². The van der Waals surface area contributed by atoms with E-state index in [1.165, 1.54) is 39.0 Å². The second kappa shape index (κ2) is 11.1. The minimum Gasteiger partial charge on any atom is -0.0985 e. The van der Waals surface area contributed by atoms with Crippen LogP contribution in [-0.4, -0.2) is 0 Å². The van der Waals surface area contributed by atoms with Crippen LogP contribution in [0, 0.1) is 13.8 Å². The van der Waals surface area contributed by atoms with Crippen LogP contribution in [0.2, 0.25) is 0 Å². The molecule has 2 aromatic rings. The highest BCUT2D eigenvalue weighted by atomic mass is 14.1. The van der Waals surface area contributed by atoms with Crippen molar-refractivity contribution in [2.24, 2.45) is 0 Å². The van der Waals surface area contributed by atoms with Gasteiger partial charge in [-0.1, -0.05) is 110 Å². The van der Waals surface area contributed by atoms with Crippen molar-refractivity contribution >= 4 is 6.08 Å². The zero-order chi connectivity index (χ0) is 20.4. The summed E-state index contributed by atoms with van der Waals surface area (Å²) in [5.41, 5.74) is 8.72. The Labute approximate surface area is 171 Å². The summed E-state index contributed by atoms with van der Waals surface area (Å²) in [4.78, 5) is 0. The number of benzene rings is 2. The summed E-state index contributed by atoms with van der Waals surface area (Å²) in [6.45, 7) is 12.6. The maximum Gasteiger partial charge on any atom is -0.0109 e. The molecule has 0 heterocycles. The molecule has 0 aliphatic carbocycles. The van der Waals surface area contributed by atoms with E-state index < -0.39 is 0 Å². The molecular weight excluding hydrogens is 336 g/mol. The zero-order valence-electron chi connectivity index (χ0n) is 17.7. The Balaban J connectivity index is 2.49. The van der Waals surface area contributed by atoms with Crippen LogP contribution in [0.5, 0.6) is 0 Å². The van der Waals surface area contributed by atoms with Crippen LogP contribution in [0.3, 0.4) is 0 Å². The first kappa shape index (κ1) is 21.4. The number of rotatable bonds is 8. The van der Waals surface area contributed by atoms with E-state index in [1.807, 2.05) is 13.0 Å². The highest BCUT2D eigenvalue weighted by Crippen LogP contribution is 2.29. The number of aryl methyl sites for hydroxylation is 2. The maximum atomic E-state index is 4.02. The molecule has 0 aromatic heterocycles. The van der Waals surface area contributed by atoms with Crippen molar-refractivity contribution in [3.8, 4) is 11.1 Å². The first-order valence-electron chi connectivity index (χ1n) is 10.1. The zero-order valence-corrected chi connectivity index (χ0v) is 17.7. The van der Waals surface area contributed by atoms with Gasteiger partial charge in [0.15, 0.2) is 0 Å². The van der Waals surface area contributed by atoms with E-state index in [9.17, 15) is 0 Å². The van der Waals surface area contributed by atoms with Gasteiger partial charge in [-0.15, -0.1) is 0 Å². The van der Waals surface area contributed by atoms with Gasteiger partial charge >= 0.3 is 0 Å². The fourth-order valence-electron chi connectivity index (χ4n) is 3.16. The smallest absolute Gasteiger partial charge is 0.0109 e. The van der Waals surface area contributed by atoms with E-state index in [0.717, 1.165) is 12.8 Å². The SMILES string of the molecule is C=CC(=C\CCC)/C(/C=C\c1ccccc1-c1cc(C)ccc1C)=C/C=C/C. The Bertz CT molecular complexity index is 917. The third-order valence-corrected chi connectivity index (χ3v) is 4.76. The van der Waals surface area contributed by atoms with E-state index in [-0.39, 0.29) is 0 Å². The van der Waals surface area contributed by atoms with Crippen LogP contribution in [0.15, 0.2) is 96.6 Å². The van der Waals surface area contributed by atoms with E-state index in [2.05, 4.69) is 106 Å². The molecule has 144 valence electrons. The lowest BCUT2D eigenvalue weighted by molar-refractivity contribution is 0.954. The molecule has 2 rings (SSSR count). The predicted octanol–water partition coefficient (Wildman–Crippen LogP) is 8.40. The van der Waals surface area contributed by atoms with Gasteiger partial charge in [-0.2, -0.15) is 0 Å². The van der Waals surface area contributed by atoms with Crippen LogP contribution in [0.4, 0.5) is 0 Å². The Morgan fingerprint density at radius 2 is 1.79 bits per heavy atom. The highest BCUT2D eigenvalue weighted by Gasteiger charge is 2.06. The molecule has 0 heteroatoms. The molecule has 0 bridgehead atoms. The lowest BCUT2D eigenvalue weighted by Crippen LogP contribution is -1.89. The summed E-state index contributed by atoms with van der Waals surface area (Å²) in [5.74, 6) is 0. The van der Waals surface area contributed by atoms with E-state index in [4.69, 9.17) is 0 Å². The standard InChI is InChI=1S/C28H32/c1-6-9-13-24(8-3)25(14-10-7-2)19-20-26-15-11-12-16-27(26)28-21-22(4)17-18-23(28)5/h7-8,10-21H,3,6,9H2,1-2,4-5H3/b10-7+,20-19-,24-13+,25-14+. The van der Waals surface area contributed by atoms with Crippen molar-refractivity contribution in [2.45, 2.75) is 40.5 Å². The molecule has 0 radical (unpaired) electrons. The fraction of sp³-hybridized carbons (Fsp3) is 0.214. The number of hydrogen-bond donors (Lipinski definition) is 0. The minimum absolute atomic E-state index is 1.06. The molecular formula is C28H32. The lowest BCUT2D eigenvalue weighted by Gasteiger charge is -2.11. The summed E-state index contributed by atoms with van der Waals surface area (Å²) >= 11 is 0. The Morgan fingerprint density at radius 1 is 1.00 bits per heavy atom. The van der Waals surface area contributed by atoms with E-state index >= 15 is 0 Å². The molecule has 28 heavy (non-hydrogen) atoms. The topological polar surface area (TPSA) is 0 Å². The number of allylic oxidation sites excluding steroid dienone is 8. The number of unbranched alkanes of at least 4 members (excludes halogenated alkanes) is 1. The monoisotopic (exact) mass is 368 g/mol. The lowest BCUT2D eigenvalue weighted by atomic mass is 9.93.